The molecule has 1 atom stereocenters. The van der Waals surface area contributed by atoms with E-state index in [9.17, 15) is 4.79 Å². The Kier molecular flexibility index (Phi) is 2.29. The van der Waals surface area contributed by atoms with Crippen LogP contribution in [0.15, 0.2) is 42.5 Å². The maximum absolute atomic E-state index is 11.6. The van der Waals surface area contributed by atoms with Crippen LogP contribution in [0.3, 0.4) is 0 Å². The van der Waals surface area contributed by atoms with Gasteiger partial charge in [-0.05, 0) is 23.1 Å². The molecule has 3 aliphatic rings. The highest BCUT2D eigenvalue weighted by Crippen LogP contribution is 2.44. The first-order valence-corrected chi connectivity index (χ1v) is 6.19. The summed E-state index contributed by atoms with van der Waals surface area (Å²) < 4.78 is 0. The van der Waals surface area contributed by atoms with Gasteiger partial charge in [-0.3, -0.25) is 4.79 Å². The highest BCUT2D eigenvalue weighted by Gasteiger charge is 2.37. The Morgan fingerprint density at radius 2 is 1.88 bits per heavy atom. The van der Waals surface area contributed by atoms with Crippen molar-refractivity contribution in [2.45, 2.75) is 31.6 Å². The number of carbonyl (C=O) groups excluding carboxylic acids is 1. The Morgan fingerprint density at radius 1 is 1.06 bits per heavy atom. The zero-order valence-corrected chi connectivity index (χ0v) is 10.1. The van der Waals surface area contributed by atoms with E-state index in [1.165, 1.54) is 16.7 Å². The molecule has 1 fully saturated rings. The van der Waals surface area contributed by atoms with Crippen LogP contribution in [-0.4, -0.2) is 5.78 Å². The molecule has 0 saturated heterocycles. The zero-order chi connectivity index (χ0) is 11.9. The molecular weight excluding hydrogens is 208 g/mol. The number of rotatable bonds is 1. The number of Topliss-reactive ketones (excluding diaryl/α,β-unsaturated/α-hetero) is 1. The zero-order valence-electron chi connectivity index (χ0n) is 10.1. The minimum atomic E-state index is 0.0488. The highest BCUT2D eigenvalue weighted by molar-refractivity contribution is 5.84. The molecule has 3 aliphatic carbocycles. The van der Waals surface area contributed by atoms with Crippen LogP contribution in [0, 0.1) is 0 Å². The molecule has 1 unspecified atom stereocenters. The SMILES string of the molecule is CC1(c2ccc3cccccc2-3)CCC(=O)C1. The van der Waals surface area contributed by atoms with Gasteiger partial charge in [-0.1, -0.05) is 49.4 Å². The number of hydrogen-bond acceptors (Lipinski definition) is 1. The molecule has 0 bridgehead atoms. The van der Waals surface area contributed by atoms with E-state index in [0.29, 0.717) is 12.2 Å². The second-order valence-electron chi connectivity index (χ2n) is 5.30. The summed E-state index contributed by atoms with van der Waals surface area (Å²) in [5, 5.41) is 0. The predicted molar refractivity (Wildman–Crippen MR) is 69.3 cm³/mol. The molecule has 17 heavy (non-hydrogen) atoms. The first-order chi connectivity index (χ1) is 8.19. The monoisotopic (exact) mass is 224 g/mol. The Labute approximate surface area is 102 Å². The van der Waals surface area contributed by atoms with Gasteiger partial charge in [0, 0.05) is 18.3 Å². The molecule has 0 aromatic rings. The summed E-state index contributed by atoms with van der Waals surface area (Å²) in [7, 11) is 0. The average molecular weight is 224 g/mol. The lowest BCUT2D eigenvalue weighted by atomic mass is 9.80. The van der Waals surface area contributed by atoms with Crippen LogP contribution in [-0.2, 0) is 10.2 Å². The van der Waals surface area contributed by atoms with Crippen LogP contribution in [0.1, 0.15) is 31.7 Å². The van der Waals surface area contributed by atoms with Crippen LogP contribution in [0.2, 0.25) is 0 Å². The number of hydrogen-bond donors (Lipinski definition) is 0. The van der Waals surface area contributed by atoms with Crippen molar-refractivity contribution in [2.24, 2.45) is 0 Å². The van der Waals surface area contributed by atoms with E-state index >= 15 is 0 Å². The smallest absolute Gasteiger partial charge is 0.133 e. The molecule has 86 valence electrons. The lowest BCUT2D eigenvalue weighted by Crippen LogP contribution is -2.17. The molecule has 3 rings (SSSR count). The van der Waals surface area contributed by atoms with E-state index < -0.39 is 0 Å². The van der Waals surface area contributed by atoms with Gasteiger partial charge in [-0.2, -0.15) is 0 Å². The second kappa shape index (κ2) is 3.69. The van der Waals surface area contributed by atoms with Crippen molar-refractivity contribution in [3.8, 4) is 11.1 Å². The van der Waals surface area contributed by atoms with Crippen molar-refractivity contribution in [1.82, 2.24) is 0 Å². The Balaban J connectivity index is 2.12. The molecule has 1 nitrogen and oxygen atoms in total. The van der Waals surface area contributed by atoms with Gasteiger partial charge in [0.1, 0.15) is 5.78 Å². The maximum atomic E-state index is 11.6. The third-order valence-electron chi connectivity index (χ3n) is 3.98. The molecule has 0 aromatic carbocycles. The Morgan fingerprint density at radius 3 is 2.65 bits per heavy atom. The van der Waals surface area contributed by atoms with Gasteiger partial charge in [0.05, 0.1) is 0 Å². The molecule has 0 heterocycles. The fourth-order valence-corrected chi connectivity index (χ4v) is 3.00. The van der Waals surface area contributed by atoms with Crippen molar-refractivity contribution in [2.75, 3.05) is 0 Å². The van der Waals surface area contributed by atoms with Gasteiger partial charge >= 0.3 is 0 Å². The maximum Gasteiger partial charge on any atom is 0.133 e. The first kappa shape index (κ1) is 10.5. The number of ketones is 1. The summed E-state index contributed by atoms with van der Waals surface area (Å²) in [6.07, 6.45) is 2.43. The van der Waals surface area contributed by atoms with Gasteiger partial charge < -0.3 is 0 Å². The lowest BCUT2D eigenvalue weighted by molar-refractivity contribution is -0.117. The van der Waals surface area contributed by atoms with Crippen LogP contribution in [0.4, 0.5) is 0 Å². The molecule has 0 radical (unpaired) electrons. The minimum Gasteiger partial charge on any atom is -0.300 e. The molecule has 0 amide bonds. The molecule has 1 heteroatoms. The Hall–Kier alpha value is -1.63. The molecular formula is C16H16O. The first-order valence-electron chi connectivity index (χ1n) is 6.19. The summed E-state index contributed by atoms with van der Waals surface area (Å²) in [6, 6.07) is 14.9. The van der Waals surface area contributed by atoms with Gasteiger partial charge in [-0.25, -0.2) is 0 Å². The van der Waals surface area contributed by atoms with Crippen LogP contribution in [0.5, 0.6) is 0 Å². The predicted octanol–water partition coefficient (Wildman–Crippen LogP) is 3.80. The highest BCUT2D eigenvalue weighted by atomic mass is 16.1. The van der Waals surface area contributed by atoms with E-state index in [4.69, 9.17) is 0 Å². The average Bonchev–Trinajstić information content (AvgIpc) is 2.77. The van der Waals surface area contributed by atoms with Gasteiger partial charge in [-0.15, -0.1) is 0 Å². The van der Waals surface area contributed by atoms with E-state index in [2.05, 4.69) is 43.3 Å². The quantitative estimate of drug-likeness (QED) is 0.720. The summed E-state index contributed by atoms with van der Waals surface area (Å²) >= 11 is 0. The van der Waals surface area contributed by atoms with Gasteiger partial charge in [0.15, 0.2) is 0 Å². The van der Waals surface area contributed by atoms with E-state index in [1.54, 1.807) is 0 Å². The van der Waals surface area contributed by atoms with Crippen molar-refractivity contribution in [3.05, 3.63) is 48.0 Å². The largest absolute Gasteiger partial charge is 0.300 e. The summed E-state index contributed by atoms with van der Waals surface area (Å²) in [6.45, 7) is 2.22. The summed E-state index contributed by atoms with van der Waals surface area (Å²) in [5.41, 5.74) is 3.96. The van der Waals surface area contributed by atoms with E-state index in [-0.39, 0.29) is 5.41 Å². The van der Waals surface area contributed by atoms with E-state index in [0.717, 1.165) is 12.8 Å². The molecule has 1 saturated carbocycles. The Bertz CT molecular complexity index is 543. The topological polar surface area (TPSA) is 17.1 Å². The summed E-state index contributed by atoms with van der Waals surface area (Å²) in [5.74, 6) is 0.405. The van der Waals surface area contributed by atoms with Crippen molar-refractivity contribution in [1.29, 1.82) is 0 Å². The van der Waals surface area contributed by atoms with Crippen molar-refractivity contribution >= 4 is 5.78 Å². The molecule has 0 aliphatic heterocycles. The fourth-order valence-electron chi connectivity index (χ4n) is 3.00. The fraction of sp³-hybridized carbons (Fsp3) is 0.312. The third kappa shape index (κ3) is 1.66. The standard InChI is InChI=1S/C16H16O/c1-16(10-9-13(17)11-16)15-8-7-12-5-3-2-4-6-14(12)15/h2-8H,9-11H2,1H3. The summed E-state index contributed by atoms with van der Waals surface area (Å²) in [4.78, 5) is 11.6. The molecule has 0 N–H and O–H groups in total. The third-order valence-corrected chi connectivity index (χ3v) is 3.98. The van der Waals surface area contributed by atoms with Gasteiger partial charge in [0.25, 0.3) is 0 Å². The number of fused-ring (bicyclic) bond motifs is 1. The lowest BCUT2D eigenvalue weighted by Gasteiger charge is -2.23. The molecule has 0 aromatic heterocycles. The molecule has 0 spiro atoms. The van der Waals surface area contributed by atoms with Crippen molar-refractivity contribution < 1.29 is 4.79 Å². The van der Waals surface area contributed by atoms with Crippen LogP contribution in [0.25, 0.3) is 11.1 Å². The number of carbonyl (C=O) groups is 1. The normalized spacial score (nSPS) is 24.4. The second-order valence-corrected chi connectivity index (χ2v) is 5.30. The minimum absolute atomic E-state index is 0.0488. The van der Waals surface area contributed by atoms with Crippen LogP contribution < -0.4 is 0 Å². The van der Waals surface area contributed by atoms with Crippen molar-refractivity contribution in [3.63, 3.8) is 0 Å². The van der Waals surface area contributed by atoms with E-state index in [1.807, 2.05) is 6.07 Å². The van der Waals surface area contributed by atoms with Crippen LogP contribution >= 0.6 is 0 Å². The van der Waals surface area contributed by atoms with Gasteiger partial charge in [0.2, 0.25) is 0 Å².